The lowest BCUT2D eigenvalue weighted by Gasteiger charge is -2.25. The Kier molecular flexibility index (Phi) is 3.73. The van der Waals surface area contributed by atoms with Gasteiger partial charge in [0.2, 0.25) is 0 Å². The molecular formula is C12H17ClN2O2S. The molecular weight excluding hydrogens is 272 g/mol. The minimum atomic E-state index is -2.90. The molecule has 3 N–H and O–H groups in total. The van der Waals surface area contributed by atoms with Gasteiger partial charge < -0.3 is 11.1 Å². The molecule has 18 heavy (non-hydrogen) atoms. The van der Waals surface area contributed by atoms with E-state index in [-0.39, 0.29) is 11.8 Å². The second-order valence-electron chi connectivity index (χ2n) is 4.79. The number of nitrogens with two attached hydrogens (primary N) is 1. The molecule has 1 aliphatic rings. The molecule has 1 aromatic rings. The van der Waals surface area contributed by atoms with Crippen molar-refractivity contribution in [3.05, 3.63) is 22.7 Å². The number of anilines is 2. The summed E-state index contributed by atoms with van der Waals surface area (Å²) in [5.74, 6) is 0.487. The fourth-order valence-corrected chi connectivity index (χ4v) is 4.02. The van der Waals surface area contributed by atoms with Crippen LogP contribution in [0, 0.1) is 6.92 Å². The van der Waals surface area contributed by atoms with Crippen LogP contribution in [0.15, 0.2) is 12.1 Å². The highest BCUT2D eigenvalue weighted by atomic mass is 35.5. The maximum absolute atomic E-state index is 11.6. The molecule has 4 nitrogen and oxygen atoms in total. The molecule has 100 valence electrons. The third kappa shape index (κ3) is 3.09. The van der Waals surface area contributed by atoms with Gasteiger partial charge in [0, 0.05) is 11.7 Å². The number of aryl methyl sites for hydroxylation is 1. The maximum Gasteiger partial charge on any atom is 0.152 e. The summed E-state index contributed by atoms with van der Waals surface area (Å²) in [5, 5.41) is 3.74. The van der Waals surface area contributed by atoms with Crippen LogP contribution in [0.1, 0.15) is 18.4 Å². The van der Waals surface area contributed by atoms with E-state index in [1.807, 2.05) is 6.92 Å². The van der Waals surface area contributed by atoms with Crippen molar-refractivity contribution < 1.29 is 8.42 Å². The average molecular weight is 289 g/mol. The summed E-state index contributed by atoms with van der Waals surface area (Å²) in [6.07, 6.45) is 1.57. The predicted octanol–water partition coefficient (Wildman–Crippen LogP) is 2.22. The van der Waals surface area contributed by atoms with Crippen molar-refractivity contribution in [1.82, 2.24) is 0 Å². The van der Waals surface area contributed by atoms with Gasteiger partial charge in [-0.1, -0.05) is 11.6 Å². The molecule has 0 bridgehead atoms. The Hall–Kier alpha value is -0.940. The average Bonchev–Trinajstić information content (AvgIpc) is 2.24. The second kappa shape index (κ2) is 4.97. The first-order chi connectivity index (χ1) is 8.37. The Balaban J connectivity index is 2.17. The molecule has 1 saturated heterocycles. The van der Waals surface area contributed by atoms with Crippen molar-refractivity contribution in [2.45, 2.75) is 25.8 Å². The zero-order valence-corrected chi connectivity index (χ0v) is 11.8. The van der Waals surface area contributed by atoms with Crippen LogP contribution in [0.3, 0.4) is 0 Å². The summed E-state index contributed by atoms with van der Waals surface area (Å²) in [6.45, 7) is 1.92. The maximum atomic E-state index is 11.6. The Labute approximate surface area is 112 Å². The topological polar surface area (TPSA) is 72.2 Å². The molecule has 1 fully saturated rings. The van der Waals surface area contributed by atoms with Crippen molar-refractivity contribution >= 4 is 32.8 Å². The largest absolute Gasteiger partial charge is 0.398 e. The summed E-state index contributed by atoms with van der Waals surface area (Å²) in [7, 11) is -2.90. The number of nitrogen functional groups attached to an aromatic ring is 1. The first-order valence-corrected chi connectivity index (χ1v) is 8.10. The van der Waals surface area contributed by atoms with Gasteiger partial charge in [-0.3, -0.25) is 0 Å². The number of rotatable bonds is 2. The van der Waals surface area contributed by atoms with Gasteiger partial charge in [0.05, 0.1) is 22.2 Å². The quantitative estimate of drug-likeness (QED) is 0.819. The molecule has 1 aliphatic heterocycles. The van der Waals surface area contributed by atoms with E-state index in [0.717, 1.165) is 17.7 Å². The first-order valence-electron chi connectivity index (χ1n) is 5.90. The van der Waals surface area contributed by atoms with Crippen molar-refractivity contribution in [2.75, 3.05) is 22.6 Å². The number of sulfone groups is 1. The van der Waals surface area contributed by atoms with Crippen LogP contribution in [-0.4, -0.2) is 26.0 Å². The molecule has 0 aromatic heterocycles. The van der Waals surface area contributed by atoms with E-state index < -0.39 is 9.84 Å². The molecule has 0 amide bonds. The zero-order valence-electron chi connectivity index (χ0n) is 10.2. The Bertz CT molecular complexity index is 557. The summed E-state index contributed by atoms with van der Waals surface area (Å²) in [5.41, 5.74) is 8.08. The van der Waals surface area contributed by atoms with Gasteiger partial charge in [-0.15, -0.1) is 0 Å². The van der Waals surface area contributed by atoms with Crippen LogP contribution in [0.25, 0.3) is 0 Å². The van der Waals surface area contributed by atoms with Crippen LogP contribution < -0.4 is 11.1 Å². The molecule has 0 radical (unpaired) electrons. The molecule has 1 aromatic carbocycles. The van der Waals surface area contributed by atoms with Crippen LogP contribution >= 0.6 is 11.6 Å². The van der Waals surface area contributed by atoms with Gasteiger partial charge in [0.1, 0.15) is 0 Å². The smallest absolute Gasteiger partial charge is 0.152 e. The summed E-state index contributed by atoms with van der Waals surface area (Å²) >= 11 is 5.98. The van der Waals surface area contributed by atoms with Gasteiger partial charge in [0.15, 0.2) is 9.84 Å². The minimum absolute atomic E-state index is 0.0397. The monoisotopic (exact) mass is 288 g/mol. The lowest BCUT2D eigenvalue weighted by atomic mass is 10.1. The highest BCUT2D eigenvalue weighted by molar-refractivity contribution is 7.91. The number of nitrogens with one attached hydrogen (secondary N) is 1. The molecule has 1 heterocycles. The standard InChI is InChI=1S/C12H17ClN2O2S/c1-8-5-11(14)10(13)6-12(8)15-9-3-2-4-18(16,17)7-9/h5-6,9,15H,2-4,7,14H2,1H3. The molecule has 1 atom stereocenters. The van der Waals surface area contributed by atoms with Crippen molar-refractivity contribution in [3.63, 3.8) is 0 Å². The summed E-state index contributed by atoms with van der Waals surface area (Å²) < 4.78 is 23.1. The minimum Gasteiger partial charge on any atom is -0.398 e. The Morgan fingerprint density at radius 3 is 2.83 bits per heavy atom. The number of benzene rings is 1. The lowest BCUT2D eigenvalue weighted by molar-refractivity contribution is 0.562. The number of hydrogen-bond donors (Lipinski definition) is 2. The second-order valence-corrected chi connectivity index (χ2v) is 7.42. The van der Waals surface area contributed by atoms with E-state index in [4.69, 9.17) is 17.3 Å². The number of halogens is 1. The lowest BCUT2D eigenvalue weighted by Crippen LogP contribution is -2.35. The highest BCUT2D eigenvalue weighted by Gasteiger charge is 2.24. The molecule has 1 unspecified atom stereocenters. The van der Waals surface area contributed by atoms with Crippen molar-refractivity contribution in [1.29, 1.82) is 0 Å². The summed E-state index contributed by atoms with van der Waals surface area (Å²) in [4.78, 5) is 0. The summed E-state index contributed by atoms with van der Waals surface area (Å²) in [6, 6.07) is 3.51. The van der Waals surface area contributed by atoms with Crippen LogP contribution in [-0.2, 0) is 9.84 Å². The fraction of sp³-hybridized carbons (Fsp3) is 0.500. The van der Waals surface area contributed by atoms with Crippen molar-refractivity contribution in [3.8, 4) is 0 Å². The van der Waals surface area contributed by atoms with Gasteiger partial charge >= 0.3 is 0 Å². The fourth-order valence-electron chi connectivity index (χ4n) is 2.22. The highest BCUT2D eigenvalue weighted by Crippen LogP contribution is 2.28. The third-order valence-electron chi connectivity index (χ3n) is 3.17. The van der Waals surface area contributed by atoms with Crippen LogP contribution in [0.4, 0.5) is 11.4 Å². The van der Waals surface area contributed by atoms with E-state index >= 15 is 0 Å². The van der Waals surface area contributed by atoms with E-state index in [9.17, 15) is 8.42 Å². The van der Waals surface area contributed by atoms with E-state index in [2.05, 4.69) is 5.32 Å². The Morgan fingerprint density at radius 2 is 2.17 bits per heavy atom. The molecule has 0 aliphatic carbocycles. The van der Waals surface area contributed by atoms with Crippen LogP contribution in [0.5, 0.6) is 0 Å². The zero-order chi connectivity index (χ0) is 13.3. The SMILES string of the molecule is Cc1cc(N)c(Cl)cc1NC1CCCS(=O)(=O)C1. The van der Waals surface area contributed by atoms with Gasteiger partial charge in [-0.2, -0.15) is 0 Å². The predicted molar refractivity (Wildman–Crippen MR) is 75.9 cm³/mol. The van der Waals surface area contributed by atoms with Gasteiger partial charge in [0.25, 0.3) is 0 Å². The third-order valence-corrected chi connectivity index (χ3v) is 5.31. The van der Waals surface area contributed by atoms with Crippen LogP contribution in [0.2, 0.25) is 5.02 Å². The van der Waals surface area contributed by atoms with Gasteiger partial charge in [-0.05, 0) is 37.5 Å². The molecule has 2 rings (SSSR count). The normalized spacial score (nSPS) is 22.7. The van der Waals surface area contributed by atoms with E-state index in [0.29, 0.717) is 22.9 Å². The molecule has 0 spiro atoms. The van der Waals surface area contributed by atoms with Gasteiger partial charge in [-0.25, -0.2) is 8.42 Å². The molecule has 6 heteroatoms. The molecule has 0 saturated carbocycles. The van der Waals surface area contributed by atoms with E-state index in [1.165, 1.54) is 0 Å². The first kappa shape index (κ1) is 13.5. The van der Waals surface area contributed by atoms with Crippen molar-refractivity contribution in [2.24, 2.45) is 0 Å². The van der Waals surface area contributed by atoms with E-state index in [1.54, 1.807) is 12.1 Å². The Morgan fingerprint density at radius 1 is 1.44 bits per heavy atom. The number of hydrogen-bond acceptors (Lipinski definition) is 4.